The molecule has 0 heterocycles. The Balaban J connectivity index is 3.51. The van der Waals surface area contributed by atoms with Gasteiger partial charge in [-0.3, -0.25) is 0 Å². The first-order chi connectivity index (χ1) is 5.18. The SMILES string of the molecule is CCOCCC(F)(CO)CO. The number of rotatable bonds is 6. The van der Waals surface area contributed by atoms with Crippen molar-refractivity contribution in [2.45, 2.75) is 19.0 Å². The van der Waals surface area contributed by atoms with Gasteiger partial charge in [0, 0.05) is 19.6 Å². The van der Waals surface area contributed by atoms with Crippen LogP contribution in [0.4, 0.5) is 4.39 Å². The lowest BCUT2D eigenvalue weighted by molar-refractivity contribution is -0.0114. The van der Waals surface area contributed by atoms with E-state index in [1.54, 1.807) is 6.92 Å². The lowest BCUT2D eigenvalue weighted by Gasteiger charge is -2.19. The molecule has 0 atom stereocenters. The van der Waals surface area contributed by atoms with Crippen molar-refractivity contribution >= 4 is 0 Å². The van der Waals surface area contributed by atoms with E-state index in [0.717, 1.165) is 0 Å². The van der Waals surface area contributed by atoms with Crippen LogP contribution in [-0.4, -0.2) is 42.3 Å². The number of hydrogen-bond donors (Lipinski definition) is 2. The van der Waals surface area contributed by atoms with Crippen LogP contribution in [0.25, 0.3) is 0 Å². The van der Waals surface area contributed by atoms with E-state index < -0.39 is 18.9 Å². The van der Waals surface area contributed by atoms with E-state index in [0.29, 0.717) is 6.61 Å². The smallest absolute Gasteiger partial charge is 0.158 e. The first-order valence-electron chi connectivity index (χ1n) is 3.67. The zero-order chi connectivity index (χ0) is 8.74. The zero-order valence-corrected chi connectivity index (χ0v) is 6.72. The lowest BCUT2D eigenvalue weighted by Crippen LogP contribution is -2.33. The second kappa shape index (κ2) is 5.46. The fourth-order valence-electron chi connectivity index (χ4n) is 0.608. The summed E-state index contributed by atoms with van der Waals surface area (Å²) in [4.78, 5) is 0. The Hall–Kier alpha value is -0.190. The maximum absolute atomic E-state index is 13.0. The average Bonchev–Trinajstić information content (AvgIpc) is 2.05. The van der Waals surface area contributed by atoms with Crippen molar-refractivity contribution in [2.75, 3.05) is 26.4 Å². The minimum atomic E-state index is -1.88. The molecule has 4 heteroatoms. The summed E-state index contributed by atoms with van der Waals surface area (Å²) in [6.45, 7) is 1.24. The molecule has 0 bridgehead atoms. The van der Waals surface area contributed by atoms with Crippen LogP contribution >= 0.6 is 0 Å². The molecule has 0 aliphatic rings. The van der Waals surface area contributed by atoms with Gasteiger partial charge in [-0.25, -0.2) is 4.39 Å². The molecule has 11 heavy (non-hydrogen) atoms. The van der Waals surface area contributed by atoms with Crippen molar-refractivity contribution in [3.63, 3.8) is 0 Å². The normalized spacial score (nSPS) is 12.0. The maximum atomic E-state index is 13.0. The number of aliphatic hydroxyl groups is 2. The van der Waals surface area contributed by atoms with Gasteiger partial charge < -0.3 is 14.9 Å². The van der Waals surface area contributed by atoms with Crippen molar-refractivity contribution < 1.29 is 19.3 Å². The summed E-state index contributed by atoms with van der Waals surface area (Å²) in [5.41, 5.74) is -1.88. The van der Waals surface area contributed by atoms with Crippen LogP contribution in [0.2, 0.25) is 0 Å². The maximum Gasteiger partial charge on any atom is 0.158 e. The van der Waals surface area contributed by atoms with E-state index in [9.17, 15) is 4.39 Å². The molecule has 0 rings (SSSR count). The molecular weight excluding hydrogens is 151 g/mol. The third-order valence-corrected chi connectivity index (χ3v) is 1.47. The predicted octanol–water partition coefficient (Wildman–Crippen LogP) is 0.106. The van der Waals surface area contributed by atoms with Crippen molar-refractivity contribution in [3.8, 4) is 0 Å². The molecule has 0 saturated carbocycles. The highest BCUT2D eigenvalue weighted by atomic mass is 19.1. The topological polar surface area (TPSA) is 49.7 Å². The van der Waals surface area contributed by atoms with Crippen LogP contribution in [-0.2, 0) is 4.74 Å². The van der Waals surface area contributed by atoms with Gasteiger partial charge in [-0.05, 0) is 6.92 Å². The Bertz CT molecular complexity index is 93.7. The third kappa shape index (κ3) is 4.29. The van der Waals surface area contributed by atoms with E-state index in [1.165, 1.54) is 0 Å². The fraction of sp³-hybridized carbons (Fsp3) is 1.00. The Kier molecular flexibility index (Phi) is 5.36. The second-order valence-corrected chi connectivity index (χ2v) is 2.41. The molecule has 2 N–H and O–H groups in total. The van der Waals surface area contributed by atoms with Crippen molar-refractivity contribution in [3.05, 3.63) is 0 Å². The molecule has 3 nitrogen and oxygen atoms in total. The highest BCUT2D eigenvalue weighted by Gasteiger charge is 2.27. The summed E-state index contributed by atoms with van der Waals surface area (Å²) < 4.78 is 17.9. The number of aliphatic hydroxyl groups excluding tert-OH is 2. The van der Waals surface area contributed by atoms with E-state index >= 15 is 0 Å². The van der Waals surface area contributed by atoms with Gasteiger partial charge in [-0.2, -0.15) is 0 Å². The minimum absolute atomic E-state index is 0.0356. The molecular formula is C7H15FO3. The first-order valence-corrected chi connectivity index (χ1v) is 3.67. The van der Waals surface area contributed by atoms with Gasteiger partial charge in [0.15, 0.2) is 5.67 Å². The van der Waals surface area contributed by atoms with Gasteiger partial charge >= 0.3 is 0 Å². The van der Waals surface area contributed by atoms with E-state index in [1.807, 2.05) is 0 Å². The zero-order valence-electron chi connectivity index (χ0n) is 6.72. The van der Waals surface area contributed by atoms with Crippen LogP contribution in [0, 0.1) is 0 Å². The molecule has 0 aromatic rings. The van der Waals surface area contributed by atoms with Gasteiger partial charge in [-0.15, -0.1) is 0 Å². The molecule has 0 radical (unpaired) electrons. The molecule has 0 saturated heterocycles. The van der Waals surface area contributed by atoms with Crippen molar-refractivity contribution in [2.24, 2.45) is 0 Å². The number of hydrogen-bond acceptors (Lipinski definition) is 3. The monoisotopic (exact) mass is 166 g/mol. The Labute approximate surface area is 65.8 Å². The largest absolute Gasteiger partial charge is 0.393 e. The van der Waals surface area contributed by atoms with Crippen LogP contribution in [0.3, 0.4) is 0 Å². The molecule has 0 aliphatic carbocycles. The molecule has 0 spiro atoms. The standard InChI is InChI=1S/C7H15FO3/c1-2-11-4-3-7(8,5-9)6-10/h9-10H,2-6H2,1H3. The summed E-state index contributed by atoms with van der Waals surface area (Å²) in [5.74, 6) is 0. The van der Waals surface area contributed by atoms with Gasteiger partial charge in [0.2, 0.25) is 0 Å². The Morgan fingerprint density at radius 2 is 1.91 bits per heavy atom. The van der Waals surface area contributed by atoms with E-state index in [2.05, 4.69) is 0 Å². The fourth-order valence-corrected chi connectivity index (χ4v) is 0.608. The predicted molar refractivity (Wildman–Crippen MR) is 39.1 cm³/mol. The lowest BCUT2D eigenvalue weighted by atomic mass is 10.1. The Morgan fingerprint density at radius 1 is 1.36 bits per heavy atom. The molecule has 0 aliphatic heterocycles. The molecule has 68 valence electrons. The quantitative estimate of drug-likeness (QED) is 0.550. The number of halogens is 1. The molecule has 0 aromatic carbocycles. The van der Waals surface area contributed by atoms with Crippen LogP contribution in [0.15, 0.2) is 0 Å². The molecule has 0 fully saturated rings. The summed E-state index contributed by atoms with van der Waals surface area (Å²) in [6, 6.07) is 0. The second-order valence-electron chi connectivity index (χ2n) is 2.41. The van der Waals surface area contributed by atoms with E-state index in [4.69, 9.17) is 14.9 Å². The van der Waals surface area contributed by atoms with Crippen LogP contribution in [0.5, 0.6) is 0 Å². The summed E-state index contributed by atoms with van der Waals surface area (Å²) in [5, 5.41) is 17.0. The highest BCUT2D eigenvalue weighted by molar-refractivity contribution is 4.76. The van der Waals surface area contributed by atoms with Gasteiger partial charge in [0.1, 0.15) is 0 Å². The van der Waals surface area contributed by atoms with Crippen LogP contribution < -0.4 is 0 Å². The first kappa shape index (κ1) is 10.8. The van der Waals surface area contributed by atoms with Gasteiger partial charge in [0.05, 0.1) is 13.2 Å². The summed E-state index contributed by atoms with van der Waals surface area (Å²) >= 11 is 0. The van der Waals surface area contributed by atoms with Crippen LogP contribution in [0.1, 0.15) is 13.3 Å². The number of alkyl halides is 1. The van der Waals surface area contributed by atoms with Gasteiger partial charge in [0.25, 0.3) is 0 Å². The number of ether oxygens (including phenoxy) is 1. The minimum Gasteiger partial charge on any atom is -0.393 e. The highest BCUT2D eigenvalue weighted by Crippen LogP contribution is 2.14. The molecule has 0 unspecified atom stereocenters. The Morgan fingerprint density at radius 3 is 2.27 bits per heavy atom. The van der Waals surface area contributed by atoms with Crippen molar-refractivity contribution in [1.29, 1.82) is 0 Å². The summed E-state index contributed by atoms with van der Waals surface area (Å²) in [7, 11) is 0. The average molecular weight is 166 g/mol. The molecule has 0 amide bonds. The summed E-state index contributed by atoms with van der Waals surface area (Å²) in [6.07, 6.45) is 0.0356. The van der Waals surface area contributed by atoms with Gasteiger partial charge in [-0.1, -0.05) is 0 Å². The molecule has 0 aromatic heterocycles. The van der Waals surface area contributed by atoms with Crippen molar-refractivity contribution in [1.82, 2.24) is 0 Å². The third-order valence-electron chi connectivity index (χ3n) is 1.47. The van der Waals surface area contributed by atoms with E-state index in [-0.39, 0.29) is 13.0 Å².